The van der Waals surface area contributed by atoms with Crippen molar-refractivity contribution in [3.05, 3.63) is 42.5 Å². The number of nitrogens with one attached hydrogen (secondary N) is 1. The normalized spacial score (nSPS) is 15.6. The van der Waals surface area contributed by atoms with Crippen LogP contribution in [0.4, 0.5) is 16.2 Å². The molecule has 0 bridgehead atoms. The van der Waals surface area contributed by atoms with E-state index in [9.17, 15) is 4.79 Å². The van der Waals surface area contributed by atoms with E-state index in [0.29, 0.717) is 19.7 Å². The molecule has 0 radical (unpaired) electrons. The van der Waals surface area contributed by atoms with Gasteiger partial charge in [0.05, 0.1) is 6.61 Å². The number of carbonyl (C=O) groups is 1. The van der Waals surface area contributed by atoms with Gasteiger partial charge in [-0.1, -0.05) is 0 Å². The van der Waals surface area contributed by atoms with Crippen LogP contribution >= 0.6 is 0 Å². The number of fused-ring (bicyclic) bond motifs is 1. The fourth-order valence-corrected chi connectivity index (χ4v) is 3.25. The lowest BCUT2D eigenvalue weighted by Gasteiger charge is -2.36. The Morgan fingerprint density at radius 3 is 2.52 bits per heavy atom. The average molecular weight is 369 g/mol. The number of carbonyl (C=O) groups excluding carboxylic acids is 1. The van der Waals surface area contributed by atoms with Crippen molar-refractivity contribution in [3.63, 3.8) is 0 Å². The molecule has 7 nitrogen and oxygen atoms in total. The molecule has 0 spiro atoms. The number of hydrogen-bond donors (Lipinski definition) is 1. The van der Waals surface area contributed by atoms with E-state index in [1.165, 1.54) is 0 Å². The molecule has 1 saturated heterocycles. The zero-order valence-corrected chi connectivity index (χ0v) is 15.3. The van der Waals surface area contributed by atoms with Gasteiger partial charge in [0, 0.05) is 43.6 Å². The van der Waals surface area contributed by atoms with Gasteiger partial charge >= 0.3 is 6.03 Å². The molecule has 2 aromatic carbocycles. The Balaban J connectivity index is 1.31. The summed E-state index contributed by atoms with van der Waals surface area (Å²) in [5, 5.41) is 2.95. The summed E-state index contributed by atoms with van der Waals surface area (Å²) >= 11 is 0. The monoisotopic (exact) mass is 369 g/mol. The van der Waals surface area contributed by atoms with Crippen molar-refractivity contribution >= 4 is 17.4 Å². The molecule has 27 heavy (non-hydrogen) atoms. The first-order valence-electron chi connectivity index (χ1n) is 9.16. The number of ether oxygens (including phenoxy) is 3. The number of amides is 2. The van der Waals surface area contributed by atoms with Crippen molar-refractivity contribution in [1.82, 2.24) is 4.90 Å². The first-order valence-corrected chi connectivity index (χ1v) is 9.16. The van der Waals surface area contributed by atoms with Crippen LogP contribution in [0.3, 0.4) is 0 Å². The second-order valence-corrected chi connectivity index (χ2v) is 6.40. The molecule has 2 aliphatic heterocycles. The van der Waals surface area contributed by atoms with Crippen LogP contribution in [0.15, 0.2) is 42.5 Å². The Hall–Kier alpha value is -3.09. The topological polar surface area (TPSA) is 63.3 Å². The minimum atomic E-state index is -0.0792. The molecule has 0 aromatic heterocycles. The van der Waals surface area contributed by atoms with Crippen LogP contribution < -0.4 is 24.4 Å². The molecule has 2 heterocycles. The molecule has 7 heteroatoms. The third-order valence-electron chi connectivity index (χ3n) is 4.70. The molecule has 2 amide bonds. The van der Waals surface area contributed by atoms with Crippen molar-refractivity contribution in [2.75, 3.05) is 49.8 Å². The summed E-state index contributed by atoms with van der Waals surface area (Å²) in [6.07, 6.45) is 0. The molecule has 2 aromatic rings. The lowest BCUT2D eigenvalue weighted by molar-refractivity contribution is 0.174. The summed E-state index contributed by atoms with van der Waals surface area (Å²) in [5.74, 6) is 2.36. The number of hydrogen-bond acceptors (Lipinski definition) is 5. The number of anilines is 2. The van der Waals surface area contributed by atoms with Gasteiger partial charge in [0.1, 0.15) is 5.75 Å². The van der Waals surface area contributed by atoms with E-state index >= 15 is 0 Å². The van der Waals surface area contributed by atoms with Gasteiger partial charge in [0.15, 0.2) is 11.5 Å². The van der Waals surface area contributed by atoms with Gasteiger partial charge in [0.25, 0.3) is 0 Å². The van der Waals surface area contributed by atoms with Gasteiger partial charge in [-0.05, 0) is 43.3 Å². The van der Waals surface area contributed by atoms with Gasteiger partial charge in [-0.2, -0.15) is 0 Å². The molecule has 0 saturated carbocycles. The Labute approximate surface area is 158 Å². The zero-order chi connectivity index (χ0) is 18.6. The van der Waals surface area contributed by atoms with E-state index in [0.717, 1.165) is 41.7 Å². The largest absolute Gasteiger partial charge is 0.494 e. The lowest BCUT2D eigenvalue weighted by Crippen LogP contribution is -2.50. The molecule has 0 unspecified atom stereocenters. The van der Waals surface area contributed by atoms with Crippen LogP contribution in [0.1, 0.15) is 6.92 Å². The standard InChI is InChI=1S/C20H23N3O4/c1-2-25-17-6-3-15(4-7-17)21-20(24)23-11-9-22(10-12-23)16-5-8-18-19(13-16)27-14-26-18/h3-8,13H,2,9-12,14H2,1H3,(H,21,24). The summed E-state index contributed by atoms with van der Waals surface area (Å²) in [4.78, 5) is 16.6. The molecule has 4 rings (SSSR count). The van der Waals surface area contributed by atoms with Gasteiger partial charge in [0.2, 0.25) is 6.79 Å². The maximum Gasteiger partial charge on any atom is 0.321 e. The highest BCUT2D eigenvalue weighted by Gasteiger charge is 2.23. The zero-order valence-electron chi connectivity index (χ0n) is 15.3. The van der Waals surface area contributed by atoms with Crippen LogP contribution in [0.2, 0.25) is 0 Å². The highest BCUT2D eigenvalue weighted by molar-refractivity contribution is 5.89. The summed E-state index contributed by atoms with van der Waals surface area (Å²) in [7, 11) is 0. The van der Waals surface area contributed by atoms with Crippen LogP contribution in [-0.4, -0.2) is 50.5 Å². The molecule has 0 atom stereocenters. The predicted molar refractivity (Wildman–Crippen MR) is 103 cm³/mol. The van der Waals surface area contributed by atoms with Crippen LogP contribution in [0.5, 0.6) is 17.2 Å². The average Bonchev–Trinajstić information content (AvgIpc) is 3.17. The third kappa shape index (κ3) is 3.86. The highest BCUT2D eigenvalue weighted by atomic mass is 16.7. The molecule has 1 N–H and O–H groups in total. The molecule has 1 fully saturated rings. The summed E-state index contributed by atoms with van der Waals surface area (Å²) in [5.41, 5.74) is 1.85. The summed E-state index contributed by atoms with van der Waals surface area (Å²) in [6, 6.07) is 13.3. The maximum atomic E-state index is 12.5. The van der Waals surface area contributed by atoms with Gasteiger partial charge in [-0.3, -0.25) is 0 Å². The summed E-state index contributed by atoms with van der Waals surface area (Å²) in [6.45, 7) is 5.72. The Bertz CT molecular complexity index is 801. The number of rotatable bonds is 4. The Morgan fingerprint density at radius 2 is 1.78 bits per heavy atom. The minimum absolute atomic E-state index is 0.0792. The van der Waals surface area contributed by atoms with Crippen molar-refractivity contribution < 1.29 is 19.0 Å². The van der Waals surface area contributed by atoms with Crippen molar-refractivity contribution in [1.29, 1.82) is 0 Å². The van der Waals surface area contributed by atoms with Crippen LogP contribution in [0, 0.1) is 0 Å². The number of benzene rings is 2. The first kappa shape index (κ1) is 17.3. The predicted octanol–water partition coefficient (Wildman–Crippen LogP) is 3.17. The highest BCUT2D eigenvalue weighted by Crippen LogP contribution is 2.35. The van der Waals surface area contributed by atoms with Crippen molar-refractivity contribution in [3.8, 4) is 17.2 Å². The number of piperazine rings is 1. The second kappa shape index (κ2) is 7.65. The smallest absolute Gasteiger partial charge is 0.321 e. The van der Waals surface area contributed by atoms with Gasteiger partial charge in [-0.15, -0.1) is 0 Å². The Morgan fingerprint density at radius 1 is 1.04 bits per heavy atom. The summed E-state index contributed by atoms with van der Waals surface area (Å²) < 4.78 is 16.2. The van der Waals surface area contributed by atoms with Crippen molar-refractivity contribution in [2.45, 2.75) is 6.92 Å². The van der Waals surface area contributed by atoms with E-state index in [4.69, 9.17) is 14.2 Å². The molecule has 142 valence electrons. The van der Waals surface area contributed by atoms with Crippen molar-refractivity contribution in [2.24, 2.45) is 0 Å². The van der Waals surface area contributed by atoms with Crippen LogP contribution in [-0.2, 0) is 0 Å². The minimum Gasteiger partial charge on any atom is -0.494 e. The molecule has 2 aliphatic rings. The SMILES string of the molecule is CCOc1ccc(NC(=O)N2CCN(c3ccc4c(c3)OCO4)CC2)cc1. The molecule has 0 aliphatic carbocycles. The quantitative estimate of drug-likeness (QED) is 0.897. The fraction of sp³-hybridized carbons (Fsp3) is 0.350. The first-order chi connectivity index (χ1) is 13.2. The fourth-order valence-electron chi connectivity index (χ4n) is 3.25. The van der Waals surface area contributed by atoms with Gasteiger partial charge in [-0.25, -0.2) is 4.79 Å². The molecular weight excluding hydrogens is 346 g/mol. The van der Waals surface area contributed by atoms with E-state index in [2.05, 4.69) is 10.2 Å². The van der Waals surface area contributed by atoms with Crippen LogP contribution in [0.25, 0.3) is 0 Å². The van der Waals surface area contributed by atoms with E-state index in [-0.39, 0.29) is 12.8 Å². The van der Waals surface area contributed by atoms with E-state index in [1.54, 1.807) is 0 Å². The van der Waals surface area contributed by atoms with E-state index < -0.39 is 0 Å². The second-order valence-electron chi connectivity index (χ2n) is 6.40. The molecular formula is C20H23N3O4. The number of nitrogens with zero attached hydrogens (tertiary/aromatic N) is 2. The van der Waals surface area contributed by atoms with E-state index in [1.807, 2.05) is 54.3 Å². The lowest BCUT2D eigenvalue weighted by atomic mass is 10.2. The van der Waals surface area contributed by atoms with Gasteiger partial charge < -0.3 is 29.3 Å². The maximum absolute atomic E-state index is 12.5. The number of urea groups is 1. The Kier molecular flexibility index (Phi) is 4.91. The third-order valence-corrected chi connectivity index (χ3v) is 4.70.